The zero-order chi connectivity index (χ0) is 13.4. The summed E-state index contributed by atoms with van der Waals surface area (Å²) < 4.78 is 6.74. The minimum atomic E-state index is -0.666. The van der Waals surface area contributed by atoms with Crippen LogP contribution in [-0.4, -0.2) is 19.8 Å². The maximum atomic E-state index is 9.85. The molecule has 6 heteroatoms. The standard InChI is InChI=1S/C13H14N4O2/c1-8(18)13-15-11-6-9(14)2-3-12(11)17(13)7-10-4-5-19-16-10/h2-6,8,18H,7,14H2,1H3. The maximum Gasteiger partial charge on any atom is 0.138 e. The molecule has 3 rings (SSSR count). The van der Waals surface area contributed by atoms with Crippen LogP contribution in [0, 0.1) is 0 Å². The number of benzene rings is 1. The van der Waals surface area contributed by atoms with E-state index in [1.165, 1.54) is 6.26 Å². The molecule has 0 aliphatic rings. The Morgan fingerprint density at radius 2 is 2.26 bits per heavy atom. The fourth-order valence-electron chi connectivity index (χ4n) is 2.13. The van der Waals surface area contributed by atoms with Crippen LogP contribution in [-0.2, 0) is 6.54 Å². The minimum absolute atomic E-state index is 0.497. The monoisotopic (exact) mass is 258 g/mol. The van der Waals surface area contributed by atoms with Crippen molar-refractivity contribution < 1.29 is 9.63 Å². The normalized spacial score (nSPS) is 12.9. The Morgan fingerprint density at radius 3 is 2.95 bits per heavy atom. The summed E-state index contributed by atoms with van der Waals surface area (Å²) in [5.41, 5.74) is 8.85. The van der Waals surface area contributed by atoms with Crippen LogP contribution in [0.2, 0.25) is 0 Å². The highest BCUT2D eigenvalue weighted by Gasteiger charge is 2.15. The first-order valence-corrected chi connectivity index (χ1v) is 5.98. The summed E-state index contributed by atoms with van der Waals surface area (Å²) in [6.07, 6.45) is 0.856. The van der Waals surface area contributed by atoms with E-state index in [0.717, 1.165) is 16.7 Å². The number of rotatable bonds is 3. The fraction of sp³-hybridized carbons (Fsp3) is 0.231. The van der Waals surface area contributed by atoms with Gasteiger partial charge in [0.05, 0.1) is 17.6 Å². The average Bonchev–Trinajstić information content (AvgIpc) is 2.97. The van der Waals surface area contributed by atoms with Crippen LogP contribution >= 0.6 is 0 Å². The van der Waals surface area contributed by atoms with Crippen LogP contribution < -0.4 is 5.73 Å². The van der Waals surface area contributed by atoms with Crippen LogP contribution in [0.25, 0.3) is 11.0 Å². The molecule has 1 atom stereocenters. The fourth-order valence-corrected chi connectivity index (χ4v) is 2.13. The molecule has 6 nitrogen and oxygen atoms in total. The molecule has 0 saturated heterocycles. The lowest BCUT2D eigenvalue weighted by atomic mass is 10.3. The van der Waals surface area contributed by atoms with Gasteiger partial charge >= 0.3 is 0 Å². The molecule has 0 aliphatic heterocycles. The predicted octanol–water partition coefficient (Wildman–Crippen LogP) is 1.71. The number of imidazole rings is 1. The van der Waals surface area contributed by atoms with E-state index in [9.17, 15) is 5.11 Å². The van der Waals surface area contributed by atoms with E-state index in [-0.39, 0.29) is 0 Å². The summed E-state index contributed by atoms with van der Waals surface area (Å²) in [6.45, 7) is 2.18. The molecule has 0 saturated carbocycles. The Hall–Kier alpha value is -2.34. The van der Waals surface area contributed by atoms with Crippen molar-refractivity contribution in [2.24, 2.45) is 0 Å². The third-order valence-electron chi connectivity index (χ3n) is 2.99. The lowest BCUT2D eigenvalue weighted by Crippen LogP contribution is -2.08. The van der Waals surface area contributed by atoms with Gasteiger partial charge in [0, 0.05) is 11.8 Å². The van der Waals surface area contributed by atoms with Crippen molar-refractivity contribution in [3.8, 4) is 0 Å². The molecule has 0 spiro atoms. The van der Waals surface area contributed by atoms with E-state index in [1.54, 1.807) is 19.1 Å². The van der Waals surface area contributed by atoms with E-state index in [0.29, 0.717) is 18.1 Å². The quantitative estimate of drug-likeness (QED) is 0.698. The Balaban J connectivity index is 2.16. The predicted molar refractivity (Wildman–Crippen MR) is 70.4 cm³/mol. The van der Waals surface area contributed by atoms with Gasteiger partial charge in [-0.15, -0.1) is 0 Å². The molecular weight excluding hydrogens is 244 g/mol. The second kappa shape index (κ2) is 4.40. The molecule has 2 aromatic heterocycles. The van der Waals surface area contributed by atoms with Crippen LogP contribution in [0.15, 0.2) is 35.1 Å². The molecule has 3 aromatic rings. The van der Waals surface area contributed by atoms with Gasteiger partial charge < -0.3 is 19.9 Å². The van der Waals surface area contributed by atoms with E-state index in [1.807, 2.05) is 16.7 Å². The number of aliphatic hydroxyl groups is 1. The third-order valence-corrected chi connectivity index (χ3v) is 2.99. The first-order chi connectivity index (χ1) is 9.15. The van der Waals surface area contributed by atoms with E-state index in [4.69, 9.17) is 10.3 Å². The Labute approximate surface area is 109 Å². The van der Waals surface area contributed by atoms with E-state index in [2.05, 4.69) is 10.1 Å². The number of nitrogens with zero attached hydrogens (tertiary/aromatic N) is 3. The third kappa shape index (κ3) is 2.06. The van der Waals surface area contributed by atoms with Gasteiger partial charge in [0.1, 0.15) is 23.9 Å². The van der Waals surface area contributed by atoms with Crippen molar-refractivity contribution in [1.29, 1.82) is 0 Å². The highest BCUT2D eigenvalue weighted by molar-refractivity contribution is 5.79. The zero-order valence-corrected chi connectivity index (χ0v) is 10.4. The number of anilines is 1. The topological polar surface area (TPSA) is 90.1 Å². The number of hydrogen-bond acceptors (Lipinski definition) is 5. The van der Waals surface area contributed by atoms with Crippen molar-refractivity contribution in [3.63, 3.8) is 0 Å². The Kier molecular flexibility index (Phi) is 2.72. The molecule has 0 aliphatic carbocycles. The highest BCUT2D eigenvalue weighted by Crippen LogP contribution is 2.23. The SMILES string of the molecule is CC(O)c1nc2cc(N)ccc2n1Cc1ccon1. The number of hydrogen-bond donors (Lipinski definition) is 2. The van der Waals surface area contributed by atoms with Crippen LogP contribution in [0.4, 0.5) is 5.69 Å². The van der Waals surface area contributed by atoms with Crippen LogP contribution in [0.3, 0.4) is 0 Å². The molecule has 3 N–H and O–H groups in total. The molecule has 98 valence electrons. The van der Waals surface area contributed by atoms with E-state index >= 15 is 0 Å². The minimum Gasteiger partial charge on any atom is -0.399 e. The molecule has 0 amide bonds. The molecule has 0 radical (unpaired) electrons. The van der Waals surface area contributed by atoms with Gasteiger partial charge in [-0.2, -0.15) is 0 Å². The van der Waals surface area contributed by atoms with Crippen LogP contribution in [0.5, 0.6) is 0 Å². The highest BCUT2D eigenvalue weighted by atomic mass is 16.5. The van der Waals surface area contributed by atoms with Crippen molar-refractivity contribution >= 4 is 16.7 Å². The lowest BCUT2D eigenvalue weighted by Gasteiger charge is -2.08. The van der Waals surface area contributed by atoms with Crippen molar-refractivity contribution in [2.45, 2.75) is 19.6 Å². The summed E-state index contributed by atoms with van der Waals surface area (Å²) >= 11 is 0. The number of fused-ring (bicyclic) bond motifs is 1. The van der Waals surface area contributed by atoms with Crippen LogP contribution in [0.1, 0.15) is 24.5 Å². The molecular formula is C13H14N4O2. The summed E-state index contributed by atoms with van der Waals surface area (Å²) in [7, 11) is 0. The summed E-state index contributed by atoms with van der Waals surface area (Å²) in [5, 5.41) is 13.7. The summed E-state index contributed by atoms with van der Waals surface area (Å²) in [4.78, 5) is 4.43. The number of aliphatic hydroxyl groups excluding tert-OH is 1. The molecule has 0 fully saturated rings. The largest absolute Gasteiger partial charge is 0.399 e. The Morgan fingerprint density at radius 1 is 1.42 bits per heavy atom. The smallest absolute Gasteiger partial charge is 0.138 e. The first kappa shape index (κ1) is 11.7. The lowest BCUT2D eigenvalue weighted by molar-refractivity contribution is 0.185. The van der Waals surface area contributed by atoms with Crippen molar-refractivity contribution in [3.05, 3.63) is 42.0 Å². The number of nitrogen functional groups attached to an aromatic ring is 1. The maximum absolute atomic E-state index is 9.85. The molecule has 2 heterocycles. The van der Waals surface area contributed by atoms with Gasteiger partial charge in [-0.05, 0) is 25.1 Å². The van der Waals surface area contributed by atoms with E-state index < -0.39 is 6.10 Å². The summed E-state index contributed by atoms with van der Waals surface area (Å²) in [5.74, 6) is 0.587. The number of aromatic nitrogens is 3. The van der Waals surface area contributed by atoms with Gasteiger partial charge in [-0.3, -0.25) is 0 Å². The molecule has 19 heavy (non-hydrogen) atoms. The first-order valence-electron chi connectivity index (χ1n) is 5.98. The van der Waals surface area contributed by atoms with Crippen molar-refractivity contribution in [2.75, 3.05) is 5.73 Å². The number of nitrogens with two attached hydrogens (primary N) is 1. The molecule has 0 bridgehead atoms. The van der Waals surface area contributed by atoms with Crippen molar-refractivity contribution in [1.82, 2.24) is 14.7 Å². The van der Waals surface area contributed by atoms with Gasteiger partial charge in [0.25, 0.3) is 0 Å². The average molecular weight is 258 g/mol. The van der Waals surface area contributed by atoms with Gasteiger partial charge in [0.2, 0.25) is 0 Å². The van der Waals surface area contributed by atoms with Gasteiger partial charge in [-0.1, -0.05) is 5.16 Å². The van der Waals surface area contributed by atoms with Gasteiger partial charge in [0.15, 0.2) is 0 Å². The molecule has 1 aromatic carbocycles. The second-order valence-electron chi connectivity index (χ2n) is 4.47. The van der Waals surface area contributed by atoms with Gasteiger partial charge in [-0.25, -0.2) is 4.98 Å². The second-order valence-corrected chi connectivity index (χ2v) is 4.47. The summed E-state index contributed by atoms with van der Waals surface area (Å²) in [6, 6.07) is 7.29. The zero-order valence-electron chi connectivity index (χ0n) is 10.4. The molecule has 1 unspecified atom stereocenters. The Bertz CT molecular complexity index is 701.